The van der Waals surface area contributed by atoms with Crippen molar-refractivity contribution in [2.45, 2.75) is 12.6 Å². The Bertz CT molecular complexity index is 439. The van der Waals surface area contributed by atoms with Gasteiger partial charge in [0.05, 0.1) is 6.42 Å². The zero-order chi connectivity index (χ0) is 11.5. The second-order valence-corrected chi connectivity index (χ2v) is 3.54. The highest BCUT2D eigenvalue weighted by Gasteiger charge is 2.29. The van der Waals surface area contributed by atoms with Crippen LogP contribution in [0.5, 0.6) is 0 Å². The Balaban J connectivity index is 2.07. The van der Waals surface area contributed by atoms with E-state index < -0.39 is 18.0 Å². The van der Waals surface area contributed by atoms with E-state index in [0.717, 1.165) is 10.5 Å². The molecule has 1 N–H and O–H groups in total. The highest BCUT2D eigenvalue weighted by molar-refractivity contribution is 6.03. The van der Waals surface area contributed by atoms with Gasteiger partial charge in [-0.3, -0.25) is 9.59 Å². The zero-order valence-electron chi connectivity index (χ0n) is 8.54. The number of aliphatic hydroxyl groups is 1. The number of aliphatic hydroxyl groups excluding tert-OH is 1. The van der Waals surface area contributed by atoms with E-state index in [2.05, 4.69) is 0 Å². The molecule has 1 unspecified atom stereocenters. The molecule has 1 atom stereocenters. The van der Waals surface area contributed by atoms with Crippen LogP contribution in [-0.4, -0.2) is 28.0 Å². The Morgan fingerprint density at radius 1 is 1.31 bits per heavy atom. The van der Waals surface area contributed by atoms with E-state index in [-0.39, 0.29) is 6.42 Å². The van der Waals surface area contributed by atoms with Crippen molar-refractivity contribution in [3.63, 3.8) is 0 Å². The number of imide groups is 1. The molecule has 16 heavy (non-hydrogen) atoms. The summed E-state index contributed by atoms with van der Waals surface area (Å²) in [5.41, 5.74) is 0.819. The lowest BCUT2D eigenvalue weighted by atomic mass is 10.1. The molecular weight excluding hydrogens is 206 g/mol. The molecule has 1 aliphatic rings. The molecule has 2 rings (SSSR count). The number of benzene rings is 1. The van der Waals surface area contributed by atoms with Crippen molar-refractivity contribution >= 4 is 11.8 Å². The van der Waals surface area contributed by atoms with Crippen molar-refractivity contribution in [3.05, 3.63) is 48.0 Å². The summed E-state index contributed by atoms with van der Waals surface area (Å²) in [4.78, 5) is 23.9. The summed E-state index contributed by atoms with van der Waals surface area (Å²) < 4.78 is 0. The lowest BCUT2D eigenvalue weighted by molar-refractivity contribution is -0.147. The minimum Gasteiger partial charge on any atom is -0.369 e. The van der Waals surface area contributed by atoms with Crippen molar-refractivity contribution < 1.29 is 14.7 Å². The molecule has 0 fully saturated rings. The highest BCUT2D eigenvalue weighted by atomic mass is 16.3. The largest absolute Gasteiger partial charge is 0.369 e. The summed E-state index contributed by atoms with van der Waals surface area (Å²) in [7, 11) is 0. The molecule has 0 aromatic heterocycles. The first-order valence-electron chi connectivity index (χ1n) is 4.94. The Morgan fingerprint density at radius 2 is 2.00 bits per heavy atom. The number of hydrogen-bond acceptors (Lipinski definition) is 3. The molecule has 1 aromatic rings. The average Bonchev–Trinajstić information content (AvgIpc) is 2.60. The van der Waals surface area contributed by atoms with Crippen LogP contribution in [0.4, 0.5) is 0 Å². The van der Waals surface area contributed by atoms with E-state index >= 15 is 0 Å². The van der Waals surface area contributed by atoms with E-state index in [4.69, 9.17) is 0 Å². The fourth-order valence-electron chi connectivity index (χ4n) is 1.59. The Kier molecular flexibility index (Phi) is 2.83. The molecular formula is C12H11NO3. The summed E-state index contributed by atoms with van der Waals surface area (Å²) in [5.74, 6) is -0.859. The Hall–Kier alpha value is -1.94. The molecule has 0 saturated carbocycles. The van der Waals surface area contributed by atoms with Crippen LogP contribution in [0, 0.1) is 0 Å². The molecule has 82 valence electrons. The second-order valence-electron chi connectivity index (χ2n) is 3.54. The smallest absolute Gasteiger partial charge is 0.255 e. The van der Waals surface area contributed by atoms with Crippen molar-refractivity contribution in [2.75, 3.05) is 0 Å². The average molecular weight is 217 g/mol. The standard InChI is InChI=1S/C12H11NO3/c14-10-6-7-11(15)13(10)12(16)8-9-4-2-1-3-5-9/h1-7,10,14H,8H2. The van der Waals surface area contributed by atoms with Gasteiger partial charge in [-0.2, -0.15) is 0 Å². The van der Waals surface area contributed by atoms with Gasteiger partial charge in [-0.1, -0.05) is 30.3 Å². The molecule has 1 aromatic carbocycles. The van der Waals surface area contributed by atoms with Gasteiger partial charge in [0, 0.05) is 6.08 Å². The maximum Gasteiger partial charge on any atom is 0.255 e. The molecule has 0 aliphatic carbocycles. The third-order valence-corrected chi connectivity index (χ3v) is 2.38. The van der Waals surface area contributed by atoms with Gasteiger partial charge in [0.25, 0.3) is 5.91 Å². The first-order chi connectivity index (χ1) is 7.68. The number of rotatable bonds is 2. The SMILES string of the molecule is O=C1C=CC(O)N1C(=O)Cc1ccccc1. The summed E-state index contributed by atoms with van der Waals surface area (Å²) in [6.07, 6.45) is 1.49. The van der Waals surface area contributed by atoms with Crippen LogP contribution in [0.2, 0.25) is 0 Å². The summed E-state index contributed by atoms with van der Waals surface area (Å²) in [5, 5.41) is 9.41. The summed E-state index contributed by atoms with van der Waals surface area (Å²) in [6, 6.07) is 9.11. The van der Waals surface area contributed by atoms with Gasteiger partial charge in [0.2, 0.25) is 5.91 Å². The third-order valence-electron chi connectivity index (χ3n) is 2.38. The molecule has 0 bridgehead atoms. The molecule has 0 spiro atoms. The summed E-state index contributed by atoms with van der Waals surface area (Å²) >= 11 is 0. The first kappa shape index (κ1) is 10.6. The van der Waals surface area contributed by atoms with Crippen LogP contribution in [0.15, 0.2) is 42.5 Å². The van der Waals surface area contributed by atoms with E-state index in [9.17, 15) is 14.7 Å². The Labute approximate surface area is 92.8 Å². The molecule has 1 aliphatic heterocycles. The maximum atomic E-state index is 11.7. The van der Waals surface area contributed by atoms with Crippen molar-refractivity contribution in [1.82, 2.24) is 4.90 Å². The minimum atomic E-state index is -1.12. The lowest BCUT2D eigenvalue weighted by Crippen LogP contribution is -2.40. The molecule has 0 saturated heterocycles. The van der Waals surface area contributed by atoms with Crippen molar-refractivity contribution in [3.8, 4) is 0 Å². The normalized spacial score (nSPS) is 19.2. The van der Waals surface area contributed by atoms with Crippen LogP contribution in [0.25, 0.3) is 0 Å². The fraction of sp³-hybridized carbons (Fsp3) is 0.167. The zero-order valence-corrected chi connectivity index (χ0v) is 8.54. The van der Waals surface area contributed by atoms with Crippen LogP contribution in [0.3, 0.4) is 0 Å². The maximum absolute atomic E-state index is 11.7. The van der Waals surface area contributed by atoms with Gasteiger partial charge < -0.3 is 5.11 Å². The van der Waals surface area contributed by atoms with E-state index in [1.807, 2.05) is 18.2 Å². The third kappa shape index (κ3) is 2.01. The van der Waals surface area contributed by atoms with Gasteiger partial charge in [-0.05, 0) is 11.6 Å². The quantitative estimate of drug-likeness (QED) is 0.783. The van der Waals surface area contributed by atoms with Crippen LogP contribution >= 0.6 is 0 Å². The monoisotopic (exact) mass is 217 g/mol. The molecule has 2 amide bonds. The number of amides is 2. The first-order valence-corrected chi connectivity index (χ1v) is 4.94. The second kappa shape index (κ2) is 4.28. The number of nitrogens with zero attached hydrogens (tertiary/aromatic N) is 1. The van der Waals surface area contributed by atoms with E-state index in [1.165, 1.54) is 12.2 Å². The van der Waals surface area contributed by atoms with Gasteiger partial charge in [0.1, 0.15) is 0 Å². The number of carbonyl (C=O) groups is 2. The Morgan fingerprint density at radius 3 is 2.56 bits per heavy atom. The number of hydrogen-bond donors (Lipinski definition) is 1. The molecule has 1 heterocycles. The molecule has 0 radical (unpaired) electrons. The topological polar surface area (TPSA) is 57.6 Å². The predicted octanol–water partition coefficient (Wildman–Crippen LogP) is 0.472. The predicted molar refractivity (Wildman–Crippen MR) is 57.1 cm³/mol. The van der Waals surface area contributed by atoms with Crippen LogP contribution in [-0.2, 0) is 16.0 Å². The van der Waals surface area contributed by atoms with Gasteiger partial charge in [-0.25, -0.2) is 4.90 Å². The van der Waals surface area contributed by atoms with Crippen molar-refractivity contribution in [1.29, 1.82) is 0 Å². The summed E-state index contributed by atoms with van der Waals surface area (Å²) in [6.45, 7) is 0. The van der Waals surface area contributed by atoms with Gasteiger partial charge >= 0.3 is 0 Å². The van der Waals surface area contributed by atoms with Crippen LogP contribution < -0.4 is 0 Å². The lowest BCUT2D eigenvalue weighted by Gasteiger charge is -2.18. The van der Waals surface area contributed by atoms with Crippen LogP contribution in [0.1, 0.15) is 5.56 Å². The molecule has 4 heteroatoms. The fourth-order valence-corrected chi connectivity index (χ4v) is 1.59. The minimum absolute atomic E-state index is 0.116. The van der Waals surface area contributed by atoms with E-state index in [1.54, 1.807) is 12.1 Å². The number of carbonyl (C=O) groups excluding carboxylic acids is 2. The van der Waals surface area contributed by atoms with E-state index in [0.29, 0.717) is 0 Å². The van der Waals surface area contributed by atoms with Crippen molar-refractivity contribution in [2.24, 2.45) is 0 Å². The van der Waals surface area contributed by atoms with Gasteiger partial charge in [0.15, 0.2) is 6.23 Å². The van der Waals surface area contributed by atoms with Gasteiger partial charge in [-0.15, -0.1) is 0 Å². The highest BCUT2D eigenvalue weighted by Crippen LogP contribution is 2.11. The molecule has 4 nitrogen and oxygen atoms in total.